The largest absolute Gasteiger partial charge is 0.372 e. The molecule has 37 heavy (non-hydrogen) atoms. The number of rotatable bonds is 9. The molecule has 1 fully saturated rings. The Bertz CT molecular complexity index is 1310. The summed E-state index contributed by atoms with van der Waals surface area (Å²) in [6, 6.07) is 28.7. The number of piperazine rings is 1. The Balaban J connectivity index is 1.23. The van der Waals surface area contributed by atoms with E-state index in [0.717, 1.165) is 43.9 Å². The number of nitrogens with zero attached hydrogens (tertiary/aromatic N) is 5. The minimum Gasteiger partial charge on any atom is -0.372 e. The molecule has 5 rings (SSSR count). The lowest BCUT2D eigenvalue weighted by Crippen LogP contribution is -2.46. The summed E-state index contributed by atoms with van der Waals surface area (Å²) in [5.41, 5.74) is 4.23. The Hall–Kier alpha value is -3.84. The fraction of sp³-hybridized carbons (Fsp3) is 0.333. The third kappa shape index (κ3) is 5.62. The van der Waals surface area contributed by atoms with Crippen LogP contribution in [0.1, 0.15) is 31.9 Å². The Labute approximate surface area is 218 Å². The van der Waals surface area contributed by atoms with E-state index in [1.165, 1.54) is 11.4 Å². The van der Waals surface area contributed by atoms with E-state index in [2.05, 4.69) is 64.3 Å². The molecule has 0 amide bonds. The van der Waals surface area contributed by atoms with E-state index in [1.54, 1.807) is 15.6 Å². The standard InChI is InChI=1S/C30H35N5O2/c1-3-29(24(2)37-22-25-10-6-4-7-11-25)35-30(36)34(23-31-35)28-16-14-27(15-17-28)33-20-18-32(19-21-33)26-12-8-5-9-13-26/h4-17,23-24,29H,3,18-22H2,1-2H3/t24?,29-/m0/s1. The summed E-state index contributed by atoms with van der Waals surface area (Å²) in [6.45, 7) is 8.48. The fourth-order valence-electron chi connectivity index (χ4n) is 5.02. The first-order valence-corrected chi connectivity index (χ1v) is 13.1. The average Bonchev–Trinajstić information content (AvgIpc) is 3.34. The third-order valence-electron chi connectivity index (χ3n) is 7.22. The zero-order valence-electron chi connectivity index (χ0n) is 21.6. The van der Waals surface area contributed by atoms with Crippen LogP contribution in [0.4, 0.5) is 11.4 Å². The molecule has 2 heterocycles. The summed E-state index contributed by atoms with van der Waals surface area (Å²) in [6.07, 6.45) is 2.21. The first kappa shape index (κ1) is 24.8. The molecule has 7 heteroatoms. The second-order valence-electron chi connectivity index (χ2n) is 9.53. The molecule has 192 valence electrons. The number of hydrogen-bond acceptors (Lipinski definition) is 5. The summed E-state index contributed by atoms with van der Waals surface area (Å²) in [4.78, 5) is 18.1. The van der Waals surface area contributed by atoms with Crippen LogP contribution in [0.3, 0.4) is 0 Å². The van der Waals surface area contributed by atoms with Crippen molar-refractivity contribution in [1.29, 1.82) is 0 Å². The van der Waals surface area contributed by atoms with Crippen molar-refractivity contribution < 1.29 is 4.74 Å². The van der Waals surface area contributed by atoms with Crippen LogP contribution in [0.15, 0.2) is 96.1 Å². The number of anilines is 2. The van der Waals surface area contributed by atoms with Crippen LogP contribution in [0.5, 0.6) is 0 Å². The van der Waals surface area contributed by atoms with Crippen LogP contribution < -0.4 is 15.5 Å². The van der Waals surface area contributed by atoms with Crippen molar-refractivity contribution in [2.45, 2.75) is 39.0 Å². The van der Waals surface area contributed by atoms with E-state index >= 15 is 0 Å². The van der Waals surface area contributed by atoms with Crippen molar-refractivity contribution in [3.63, 3.8) is 0 Å². The molecule has 3 aromatic carbocycles. The lowest BCUT2D eigenvalue weighted by Gasteiger charge is -2.37. The molecule has 1 aliphatic heterocycles. The molecule has 0 saturated carbocycles. The molecule has 1 saturated heterocycles. The van der Waals surface area contributed by atoms with Crippen molar-refractivity contribution in [3.8, 4) is 5.69 Å². The van der Waals surface area contributed by atoms with Gasteiger partial charge in [-0.2, -0.15) is 5.10 Å². The van der Waals surface area contributed by atoms with Gasteiger partial charge >= 0.3 is 5.69 Å². The zero-order valence-corrected chi connectivity index (χ0v) is 21.6. The van der Waals surface area contributed by atoms with Gasteiger partial charge in [0, 0.05) is 37.6 Å². The van der Waals surface area contributed by atoms with Gasteiger partial charge in [0.15, 0.2) is 0 Å². The SMILES string of the molecule is CC[C@@H](C(C)OCc1ccccc1)n1ncn(-c2ccc(N3CCN(c4ccccc4)CC3)cc2)c1=O. The fourth-order valence-corrected chi connectivity index (χ4v) is 5.02. The highest BCUT2D eigenvalue weighted by Gasteiger charge is 2.23. The number of hydrogen-bond donors (Lipinski definition) is 0. The van der Waals surface area contributed by atoms with Crippen molar-refractivity contribution >= 4 is 11.4 Å². The maximum Gasteiger partial charge on any atom is 0.350 e. The summed E-state index contributed by atoms with van der Waals surface area (Å²) in [5, 5.41) is 4.46. The first-order chi connectivity index (χ1) is 18.1. The molecule has 0 bridgehead atoms. The molecule has 0 aliphatic carbocycles. The van der Waals surface area contributed by atoms with Gasteiger partial charge in [0.05, 0.1) is 24.4 Å². The number of benzene rings is 3. The second-order valence-corrected chi connectivity index (χ2v) is 9.53. The van der Waals surface area contributed by atoms with Crippen LogP contribution in [0.25, 0.3) is 5.69 Å². The highest BCUT2D eigenvalue weighted by molar-refractivity contribution is 5.54. The lowest BCUT2D eigenvalue weighted by atomic mass is 10.1. The van der Waals surface area contributed by atoms with Crippen molar-refractivity contribution in [1.82, 2.24) is 14.3 Å². The van der Waals surface area contributed by atoms with E-state index in [1.807, 2.05) is 49.4 Å². The smallest absolute Gasteiger partial charge is 0.350 e. The highest BCUT2D eigenvalue weighted by atomic mass is 16.5. The van der Waals surface area contributed by atoms with Crippen LogP contribution in [-0.4, -0.2) is 46.6 Å². The summed E-state index contributed by atoms with van der Waals surface area (Å²) < 4.78 is 9.28. The van der Waals surface area contributed by atoms with Crippen LogP contribution in [-0.2, 0) is 11.3 Å². The number of ether oxygens (including phenoxy) is 1. The van der Waals surface area contributed by atoms with Gasteiger partial charge in [0.25, 0.3) is 0 Å². The minimum atomic E-state index is -0.150. The van der Waals surface area contributed by atoms with Gasteiger partial charge in [0.1, 0.15) is 6.33 Å². The molecule has 0 spiro atoms. The van der Waals surface area contributed by atoms with Gasteiger partial charge in [-0.1, -0.05) is 55.5 Å². The van der Waals surface area contributed by atoms with Crippen molar-refractivity contribution in [3.05, 3.63) is 107 Å². The third-order valence-corrected chi connectivity index (χ3v) is 7.22. The van der Waals surface area contributed by atoms with Crippen LogP contribution in [0, 0.1) is 0 Å². The maximum absolute atomic E-state index is 13.3. The molecule has 2 atom stereocenters. The van der Waals surface area contributed by atoms with Gasteiger partial charge in [-0.3, -0.25) is 0 Å². The van der Waals surface area contributed by atoms with E-state index in [4.69, 9.17) is 4.74 Å². The van der Waals surface area contributed by atoms with Gasteiger partial charge in [-0.15, -0.1) is 0 Å². The lowest BCUT2D eigenvalue weighted by molar-refractivity contribution is 0.0117. The van der Waals surface area contributed by atoms with Gasteiger partial charge < -0.3 is 14.5 Å². The number of para-hydroxylation sites is 1. The van der Waals surface area contributed by atoms with Crippen molar-refractivity contribution in [2.75, 3.05) is 36.0 Å². The van der Waals surface area contributed by atoms with Gasteiger partial charge in [-0.05, 0) is 55.3 Å². The molecule has 0 N–H and O–H groups in total. The van der Waals surface area contributed by atoms with E-state index in [9.17, 15) is 4.79 Å². The van der Waals surface area contributed by atoms with Crippen LogP contribution in [0.2, 0.25) is 0 Å². The minimum absolute atomic E-state index is 0.141. The van der Waals surface area contributed by atoms with Crippen LogP contribution >= 0.6 is 0 Å². The number of aromatic nitrogens is 3. The topological polar surface area (TPSA) is 55.5 Å². The monoisotopic (exact) mass is 497 g/mol. The molecule has 4 aromatic rings. The predicted octanol–water partition coefficient (Wildman–Crippen LogP) is 4.92. The Kier molecular flexibility index (Phi) is 7.70. The first-order valence-electron chi connectivity index (χ1n) is 13.1. The summed E-state index contributed by atoms with van der Waals surface area (Å²) in [5.74, 6) is 0. The zero-order chi connectivity index (χ0) is 25.6. The molecular weight excluding hydrogens is 462 g/mol. The molecule has 1 aromatic heterocycles. The highest BCUT2D eigenvalue weighted by Crippen LogP contribution is 2.22. The van der Waals surface area contributed by atoms with Gasteiger partial charge in [0.2, 0.25) is 0 Å². The van der Waals surface area contributed by atoms with E-state index < -0.39 is 0 Å². The van der Waals surface area contributed by atoms with Gasteiger partial charge in [-0.25, -0.2) is 14.0 Å². The Morgan fingerprint density at radius 1 is 0.784 bits per heavy atom. The molecule has 1 unspecified atom stereocenters. The average molecular weight is 498 g/mol. The molecular formula is C30H35N5O2. The second kappa shape index (κ2) is 11.5. The summed E-state index contributed by atoms with van der Waals surface area (Å²) in [7, 11) is 0. The molecule has 7 nitrogen and oxygen atoms in total. The van der Waals surface area contributed by atoms with E-state index in [-0.39, 0.29) is 17.8 Å². The Morgan fingerprint density at radius 2 is 1.32 bits per heavy atom. The predicted molar refractivity (Wildman–Crippen MR) is 149 cm³/mol. The molecule has 0 radical (unpaired) electrons. The maximum atomic E-state index is 13.3. The molecule has 1 aliphatic rings. The van der Waals surface area contributed by atoms with E-state index in [0.29, 0.717) is 6.61 Å². The summed E-state index contributed by atoms with van der Waals surface area (Å²) >= 11 is 0. The quantitative estimate of drug-likeness (QED) is 0.329. The van der Waals surface area contributed by atoms with Crippen molar-refractivity contribution in [2.24, 2.45) is 0 Å². The normalized spacial score (nSPS) is 15.5. The Morgan fingerprint density at radius 3 is 1.92 bits per heavy atom.